The maximum Gasteiger partial charge on any atom is 0.416 e. The molecule has 0 aliphatic carbocycles. The molecule has 1 fully saturated rings. The smallest absolute Gasteiger partial charge is 0.416 e. The van der Waals surface area contributed by atoms with Gasteiger partial charge in [-0.05, 0) is 61.3 Å². The van der Waals surface area contributed by atoms with Crippen molar-refractivity contribution in [2.24, 2.45) is 0 Å². The van der Waals surface area contributed by atoms with Gasteiger partial charge in [0.15, 0.2) is 0 Å². The van der Waals surface area contributed by atoms with E-state index in [-0.39, 0.29) is 23.3 Å². The van der Waals surface area contributed by atoms with Gasteiger partial charge in [-0.2, -0.15) is 13.2 Å². The van der Waals surface area contributed by atoms with Crippen LogP contribution < -0.4 is 9.46 Å². The number of ether oxygens (including phenoxy) is 1. The van der Waals surface area contributed by atoms with Gasteiger partial charge in [0.1, 0.15) is 5.75 Å². The highest BCUT2D eigenvalue weighted by molar-refractivity contribution is 8.22. The van der Waals surface area contributed by atoms with Crippen molar-refractivity contribution in [1.29, 1.82) is 0 Å². The Morgan fingerprint density at radius 3 is 2.51 bits per heavy atom. The molecular formula is C32H38F3N3O4S. The predicted molar refractivity (Wildman–Crippen MR) is 161 cm³/mol. The number of hydrogen-bond donors (Lipinski definition) is 3. The lowest BCUT2D eigenvalue weighted by atomic mass is 9.96. The van der Waals surface area contributed by atoms with Gasteiger partial charge in [0.05, 0.1) is 29.1 Å². The Labute approximate surface area is 252 Å². The minimum atomic E-state index is -4.64. The van der Waals surface area contributed by atoms with Gasteiger partial charge in [-0.15, -0.1) is 10.8 Å². The van der Waals surface area contributed by atoms with Crippen LogP contribution in [0.3, 0.4) is 0 Å². The fourth-order valence-corrected chi connectivity index (χ4v) is 7.12. The Bertz CT molecular complexity index is 1400. The van der Waals surface area contributed by atoms with Crippen molar-refractivity contribution in [3.05, 3.63) is 95.1 Å². The maximum atomic E-state index is 13.7. The van der Waals surface area contributed by atoms with Gasteiger partial charge in [0.25, 0.3) is 0 Å². The van der Waals surface area contributed by atoms with Crippen molar-refractivity contribution in [3.63, 3.8) is 0 Å². The van der Waals surface area contributed by atoms with E-state index >= 15 is 0 Å². The first-order valence-electron chi connectivity index (χ1n) is 14.5. The van der Waals surface area contributed by atoms with Gasteiger partial charge < -0.3 is 9.64 Å². The van der Waals surface area contributed by atoms with Gasteiger partial charge in [-0.3, -0.25) is 18.8 Å². The molecule has 0 bridgehead atoms. The molecule has 1 amide bonds. The number of benzene rings is 3. The number of alkyl halides is 3. The molecule has 2 aliphatic rings. The summed E-state index contributed by atoms with van der Waals surface area (Å²) in [6, 6.07) is 17.8. The second-order valence-electron chi connectivity index (χ2n) is 11.2. The monoisotopic (exact) mass is 617 g/mol. The van der Waals surface area contributed by atoms with Crippen LogP contribution in [0.1, 0.15) is 66.4 Å². The van der Waals surface area contributed by atoms with Crippen LogP contribution in [0.25, 0.3) is 0 Å². The van der Waals surface area contributed by atoms with E-state index in [0.29, 0.717) is 18.6 Å². The van der Waals surface area contributed by atoms with Crippen LogP contribution >= 0.6 is 10.8 Å². The molecular weight excluding hydrogens is 579 g/mol. The Hall–Kier alpha value is -3.09. The summed E-state index contributed by atoms with van der Waals surface area (Å²) < 4.78 is 70.7. The minimum absolute atomic E-state index is 0.144. The number of nitrogens with zero attached hydrogens (tertiary/aromatic N) is 2. The standard InChI is InChI=1S/C32H38F3N3O4S/c1-37(29-15-18-42-30-19-23(13-14-27(29)30)22-38-16-6-3-7-17-38)31(39)21-28(24-9-4-2-5-10-24)36-43(40,41)26-12-8-11-25(20-26)32(33,34)35/h2,4-5,8-14,19-20,28-29,36,40-41H,3,6-7,15-18,21-22H2,1H3/t28-,29-/m1/s1. The number of hydrogen-bond acceptors (Lipinski definition) is 6. The molecule has 232 valence electrons. The Morgan fingerprint density at radius 1 is 1.05 bits per heavy atom. The maximum absolute atomic E-state index is 13.7. The van der Waals surface area contributed by atoms with Crippen LogP contribution in [0.5, 0.6) is 5.75 Å². The number of fused-ring (bicyclic) bond motifs is 1. The SMILES string of the molecule is CN(C(=O)C[C@@H](NS(O)(O)c1cccc(C(F)(F)F)c1)c1ccccc1)[C@@H]1CCOc2cc(CN3CCCCC3)ccc21. The van der Waals surface area contributed by atoms with Crippen LogP contribution in [0.15, 0.2) is 77.7 Å². The third-order valence-electron chi connectivity index (χ3n) is 8.18. The summed E-state index contributed by atoms with van der Waals surface area (Å²) in [6.45, 7) is 3.50. The highest BCUT2D eigenvalue weighted by Crippen LogP contribution is 2.48. The second-order valence-corrected chi connectivity index (χ2v) is 13.0. The summed E-state index contributed by atoms with van der Waals surface area (Å²) in [5, 5.41) is 0. The van der Waals surface area contributed by atoms with E-state index in [1.54, 1.807) is 42.3 Å². The summed E-state index contributed by atoms with van der Waals surface area (Å²) in [6.07, 6.45) is -0.485. The molecule has 3 aromatic carbocycles. The summed E-state index contributed by atoms with van der Waals surface area (Å²) in [7, 11) is -2.18. The van der Waals surface area contributed by atoms with Gasteiger partial charge >= 0.3 is 6.18 Å². The zero-order valence-electron chi connectivity index (χ0n) is 24.1. The van der Waals surface area contributed by atoms with Crippen LogP contribution in [0.4, 0.5) is 13.2 Å². The summed E-state index contributed by atoms with van der Waals surface area (Å²) in [5.41, 5.74) is 1.70. The molecule has 0 saturated carbocycles. The van der Waals surface area contributed by atoms with Crippen molar-refractivity contribution < 1.29 is 31.8 Å². The van der Waals surface area contributed by atoms with Gasteiger partial charge in [-0.1, -0.05) is 55.0 Å². The quantitative estimate of drug-likeness (QED) is 0.232. The molecule has 43 heavy (non-hydrogen) atoms. The lowest BCUT2D eigenvalue weighted by molar-refractivity contribution is -0.137. The van der Waals surface area contributed by atoms with Crippen molar-refractivity contribution in [2.45, 2.75) is 61.8 Å². The number of amides is 1. The van der Waals surface area contributed by atoms with E-state index in [0.717, 1.165) is 49.1 Å². The first-order valence-corrected chi connectivity index (χ1v) is 16.1. The lowest BCUT2D eigenvalue weighted by Crippen LogP contribution is -2.37. The second kappa shape index (κ2) is 13.3. The average Bonchev–Trinajstić information content (AvgIpc) is 3.00. The van der Waals surface area contributed by atoms with E-state index in [4.69, 9.17) is 4.74 Å². The highest BCUT2D eigenvalue weighted by atomic mass is 32.3. The van der Waals surface area contributed by atoms with Crippen molar-refractivity contribution in [2.75, 3.05) is 26.7 Å². The third-order valence-corrected chi connectivity index (χ3v) is 9.70. The van der Waals surface area contributed by atoms with Gasteiger partial charge in [0, 0.05) is 32.0 Å². The van der Waals surface area contributed by atoms with Crippen LogP contribution in [-0.2, 0) is 17.5 Å². The van der Waals surface area contributed by atoms with Crippen molar-refractivity contribution in [1.82, 2.24) is 14.5 Å². The van der Waals surface area contributed by atoms with Gasteiger partial charge in [-0.25, -0.2) is 4.72 Å². The lowest BCUT2D eigenvalue weighted by Gasteiger charge is -2.38. The fraction of sp³-hybridized carbons (Fsp3) is 0.406. The zero-order chi connectivity index (χ0) is 30.6. The molecule has 5 rings (SSSR count). The number of rotatable bonds is 9. The number of carbonyl (C=O) groups is 1. The molecule has 0 aromatic heterocycles. The molecule has 2 atom stereocenters. The molecule has 2 aliphatic heterocycles. The first kappa shape index (κ1) is 31.3. The number of likely N-dealkylation sites (tertiary alicyclic amines) is 1. The van der Waals surface area contributed by atoms with Crippen LogP contribution in [-0.4, -0.2) is 51.6 Å². The normalized spacial score (nSPS) is 18.8. The number of piperidine rings is 1. The molecule has 0 radical (unpaired) electrons. The molecule has 7 nitrogen and oxygen atoms in total. The molecule has 3 aromatic rings. The Balaban J connectivity index is 1.33. The minimum Gasteiger partial charge on any atom is -0.493 e. The number of carbonyl (C=O) groups excluding carboxylic acids is 1. The van der Waals surface area contributed by atoms with E-state index in [2.05, 4.69) is 21.8 Å². The van der Waals surface area contributed by atoms with E-state index < -0.39 is 28.6 Å². The fourth-order valence-electron chi connectivity index (χ4n) is 5.81. The van der Waals surface area contributed by atoms with E-state index in [1.807, 2.05) is 6.07 Å². The number of halogens is 3. The average molecular weight is 618 g/mol. The predicted octanol–water partition coefficient (Wildman–Crippen LogP) is 7.42. The first-order chi connectivity index (χ1) is 20.5. The molecule has 0 unspecified atom stereocenters. The van der Waals surface area contributed by atoms with E-state index in [9.17, 15) is 27.1 Å². The molecule has 11 heteroatoms. The summed E-state index contributed by atoms with van der Waals surface area (Å²) >= 11 is 0. The zero-order valence-corrected chi connectivity index (χ0v) is 24.9. The van der Waals surface area contributed by atoms with Crippen molar-refractivity contribution >= 4 is 16.7 Å². The Morgan fingerprint density at radius 2 is 1.79 bits per heavy atom. The third kappa shape index (κ3) is 7.71. The molecule has 1 saturated heterocycles. The molecule has 2 heterocycles. The highest BCUT2D eigenvalue weighted by Gasteiger charge is 2.34. The molecule has 0 spiro atoms. The topological polar surface area (TPSA) is 85.3 Å². The van der Waals surface area contributed by atoms with Gasteiger partial charge in [0.2, 0.25) is 5.91 Å². The summed E-state index contributed by atoms with van der Waals surface area (Å²) in [5.74, 6) is 0.512. The van der Waals surface area contributed by atoms with E-state index in [1.165, 1.54) is 30.9 Å². The molecule has 3 N–H and O–H groups in total. The Kier molecular flexibility index (Phi) is 9.67. The largest absolute Gasteiger partial charge is 0.493 e. The number of nitrogens with one attached hydrogen (secondary N) is 1. The summed E-state index contributed by atoms with van der Waals surface area (Å²) in [4.78, 5) is 17.5. The van der Waals surface area contributed by atoms with Crippen LogP contribution in [0, 0.1) is 0 Å². The van der Waals surface area contributed by atoms with Crippen molar-refractivity contribution in [3.8, 4) is 5.75 Å². The van der Waals surface area contributed by atoms with Crippen LogP contribution in [0.2, 0.25) is 0 Å².